The van der Waals surface area contributed by atoms with E-state index in [0.717, 1.165) is 6.29 Å². The molecule has 0 spiro atoms. The van der Waals surface area contributed by atoms with Crippen LogP contribution in [-0.4, -0.2) is 35.5 Å². The number of aldehydes is 1. The number of carbonyl (C=O) groups excluding carboxylic acids is 2. The average Bonchev–Trinajstić information content (AvgIpc) is 2.44. The van der Waals surface area contributed by atoms with Crippen LogP contribution in [0, 0.1) is 11.8 Å². The summed E-state index contributed by atoms with van der Waals surface area (Å²) in [5.74, 6) is 0.750. The third-order valence-corrected chi connectivity index (χ3v) is 3.36. The summed E-state index contributed by atoms with van der Waals surface area (Å²) in [6.07, 6.45) is 0.974. The van der Waals surface area contributed by atoms with Gasteiger partial charge in [0, 0.05) is 19.0 Å². The van der Waals surface area contributed by atoms with E-state index in [9.17, 15) is 9.59 Å². The van der Waals surface area contributed by atoms with E-state index >= 15 is 0 Å². The molecule has 0 radical (unpaired) electrons. The molecule has 1 saturated heterocycles. The van der Waals surface area contributed by atoms with Gasteiger partial charge in [0.25, 0.3) is 0 Å². The first-order valence-electron chi connectivity index (χ1n) is 6.19. The van der Waals surface area contributed by atoms with Crippen molar-refractivity contribution >= 4 is 12.4 Å². The molecule has 98 valence electrons. The molecule has 1 aliphatic heterocycles. The Labute approximate surface area is 103 Å². The van der Waals surface area contributed by atoms with Crippen LogP contribution >= 0.6 is 0 Å². The Hall–Kier alpha value is -1.06. The van der Waals surface area contributed by atoms with Crippen LogP contribution in [0.4, 0.5) is 4.79 Å². The number of likely N-dealkylation sites (tertiary alicyclic amines) is 1. The predicted molar refractivity (Wildman–Crippen MR) is 65.7 cm³/mol. The molecule has 4 heteroatoms. The summed E-state index contributed by atoms with van der Waals surface area (Å²) >= 11 is 0. The Morgan fingerprint density at radius 1 is 1.41 bits per heavy atom. The second kappa shape index (κ2) is 5.07. The van der Waals surface area contributed by atoms with Crippen molar-refractivity contribution in [2.45, 2.75) is 52.7 Å². The van der Waals surface area contributed by atoms with Gasteiger partial charge in [-0.2, -0.15) is 0 Å². The first-order chi connectivity index (χ1) is 7.76. The molecule has 1 rings (SSSR count). The maximum Gasteiger partial charge on any atom is 0.410 e. The van der Waals surface area contributed by atoms with Gasteiger partial charge >= 0.3 is 6.09 Å². The zero-order valence-corrected chi connectivity index (χ0v) is 11.4. The van der Waals surface area contributed by atoms with Crippen LogP contribution in [-0.2, 0) is 9.53 Å². The molecular weight excluding hydrogens is 218 g/mol. The highest BCUT2D eigenvalue weighted by Gasteiger charge is 2.40. The number of amides is 1. The second-order valence-electron chi connectivity index (χ2n) is 5.94. The van der Waals surface area contributed by atoms with Crippen molar-refractivity contribution in [3.05, 3.63) is 0 Å². The number of hydrogen-bond acceptors (Lipinski definition) is 3. The summed E-state index contributed by atoms with van der Waals surface area (Å²) in [6, 6.07) is -0.0163. The number of rotatable bonds is 2. The summed E-state index contributed by atoms with van der Waals surface area (Å²) in [4.78, 5) is 24.4. The first-order valence-corrected chi connectivity index (χ1v) is 6.19. The number of ether oxygens (including phenoxy) is 1. The summed E-state index contributed by atoms with van der Waals surface area (Å²) in [6.45, 7) is 10.4. The Balaban J connectivity index is 2.74. The number of nitrogens with zero attached hydrogens (tertiary/aromatic N) is 1. The summed E-state index contributed by atoms with van der Waals surface area (Å²) in [5, 5.41) is 0. The van der Waals surface area contributed by atoms with Crippen LogP contribution in [0.15, 0.2) is 0 Å². The second-order valence-corrected chi connectivity index (χ2v) is 5.94. The number of hydrogen-bond donors (Lipinski definition) is 0. The molecule has 0 bridgehead atoms. The fraction of sp³-hybridized carbons (Fsp3) is 0.846. The predicted octanol–water partition coefficient (Wildman–Crippen LogP) is 2.47. The minimum Gasteiger partial charge on any atom is -0.444 e. The van der Waals surface area contributed by atoms with Gasteiger partial charge in [-0.1, -0.05) is 13.8 Å². The van der Waals surface area contributed by atoms with Gasteiger partial charge in [-0.05, 0) is 32.6 Å². The molecule has 0 aliphatic carbocycles. The topological polar surface area (TPSA) is 46.6 Å². The molecule has 3 atom stereocenters. The van der Waals surface area contributed by atoms with E-state index < -0.39 is 5.60 Å². The van der Waals surface area contributed by atoms with E-state index in [2.05, 4.69) is 13.8 Å². The van der Waals surface area contributed by atoms with Crippen LogP contribution in [0.3, 0.4) is 0 Å². The lowest BCUT2D eigenvalue weighted by molar-refractivity contribution is -0.108. The maximum atomic E-state index is 12.0. The lowest BCUT2D eigenvalue weighted by Gasteiger charge is -2.28. The summed E-state index contributed by atoms with van der Waals surface area (Å²) < 4.78 is 5.37. The average molecular weight is 241 g/mol. The van der Waals surface area contributed by atoms with Crippen molar-refractivity contribution in [1.29, 1.82) is 0 Å². The van der Waals surface area contributed by atoms with Crippen LogP contribution < -0.4 is 0 Å². The monoisotopic (exact) mass is 241 g/mol. The molecule has 1 heterocycles. The number of carbonyl (C=O) groups is 2. The Bertz CT molecular complexity index is 296. The Morgan fingerprint density at radius 3 is 2.47 bits per heavy atom. The summed E-state index contributed by atoms with van der Waals surface area (Å²) in [7, 11) is 0. The Morgan fingerprint density at radius 2 is 2.00 bits per heavy atom. The van der Waals surface area contributed by atoms with Gasteiger partial charge in [0.15, 0.2) is 0 Å². The molecule has 0 saturated carbocycles. The third kappa shape index (κ3) is 3.45. The van der Waals surface area contributed by atoms with E-state index in [4.69, 9.17) is 4.74 Å². The van der Waals surface area contributed by atoms with Gasteiger partial charge < -0.3 is 14.4 Å². The fourth-order valence-corrected chi connectivity index (χ4v) is 2.25. The zero-order valence-electron chi connectivity index (χ0n) is 11.4. The highest BCUT2D eigenvalue weighted by atomic mass is 16.6. The van der Waals surface area contributed by atoms with Crippen molar-refractivity contribution in [3.63, 3.8) is 0 Å². The van der Waals surface area contributed by atoms with E-state index in [1.165, 1.54) is 0 Å². The van der Waals surface area contributed by atoms with Gasteiger partial charge in [0.1, 0.15) is 11.9 Å². The van der Waals surface area contributed by atoms with Crippen LogP contribution in [0.1, 0.15) is 41.0 Å². The molecule has 0 N–H and O–H groups in total. The van der Waals surface area contributed by atoms with Gasteiger partial charge in [-0.25, -0.2) is 4.79 Å². The molecule has 1 fully saturated rings. The summed E-state index contributed by atoms with van der Waals surface area (Å²) in [5.41, 5.74) is -0.488. The van der Waals surface area contributed by atoms with Crippen LogP contribution in [0.5, 0.6) is 0 Å². The Kier molecular flexibility index (Phi) is 4.17. The fourth-order valence-electron chi connectivity index (χ4n) is 2.25. The quantitative estimate of drug-likeness (QED) is 0.698. The van der Waals surface area contributed by atoms with E-state index in [1.807, 2.05) is 20.8 Å². The molecule has 1 aliphatic rings. The van der Waals surface area contributed by atoms with E-state index in [0.29, 0.717) is 24.8 Å². The molecule has 0 aromatic carbocycles. The maximum absolute atomic E-state index is 12.0. The lowest BCUT2D eigenvalue weighted by atomic mass is 9.93. The first kappa shape index (κ1) is 14.0. The van der Waals surface area contributed by atoms with Gasteiger partial charge in [0.2, 0.25) is 0 Å². The van der Waals surface area contributed by atoms with Crippen molar-refractivity contribution in [3.8, 4) is 0 Å². The normalized spacial score (nSPS) is 29.2. The standard InChI is InChI=1S/C13H23NO3/c1-9-8-14(11(6-7-15)10(9)2)12(16)17-13(3,4)5/h7,9-11H,6,8H2,1-5H3. The largest absolute Gasteiger partial charge is 0.444 e. The highest BCUT2D eigenvalue weighted by molar-refractivity contribution is 5.70. The van der Waals surface area contributed by atoms with Crippen molar-refractivity contribution in [1.82, 2.24) is 4.90 Å². The molecule has 17 heavy (non-hydrogen) atoms. The zero-order chi connectivity index (χ0) is 13.2. The lowest BCUT2D eigenvalue weighted by Crippen LogP contribution is -2.41. The highest BCUT2D eigenvalue weighted by Crippen LogP contribution is 2.31. The molecular formula is C13H23NO3. The van der Waals surface area contributed by atoms with Gasteiger partial charge in [0.05, 0.1) is 0 Å². The molecule has 3 unspecified atom stereocenters. The molecule has 4 nitrogen and oxygen atoms in total. The van der Waals surface area contributed by atoms with Gasteiger partial charge in [-0.15, -0.1) is 0 Å². The molecule has 0 aromatic heterocycles. The van der Waals surface area contributed by atoms with E-state index in [1.54, 1.807) is 4.90 Å². The molecule has 1 amide bonds. The SMILES string of the molecule is CC1CN(C(=O)OC(C)(C)C)C(CC=O)C1C. The van der Waals surface area contributed by atoms with E-state index in [-0.39, 0.29) is 12.1 Å². The van der Waals surface area contributed by atoms with Crippen LogP contribution in [0.2, 0.25) is 0 Å². The van der Waals surface area contributed by atoms with Crippen molar-refractivity contribution in [2.75, 3.05) is 6.54 Å². The third-order valence-electron chi connectivity index (χ3n) is 3.36. The van der Waals surface area contributed by atoms with Crippen molar-refractivity contribution < 1.29 is 14.3 Å². The smallest absolute Gasteiger partial charge is 0.410 e. The van der Waals surface area contributed by atoms with Crippen molar-refractivity contribution in [2.24, 2.45) is 11.8 Å². The molecule has 0 aromatic rings. The van der Waals surface area contributed by atoms with Gasteiger partial charge in [-0.3, -0.25) is 0 Å². The van der Waals surface area contributed by atoms with Crippen LogP contribution in [0.25, 0.3) is 0 Å². The minimum atomic E-state index is -0.488. The minimum absolute atomic E-state index is 0.0163.